The summed E-state index contributed by atoms with van der Waals surface area (Å²) < 4.78 is 5.06. The molecule has 0 N–H and O–H groups in total. The molecule has 0 radical (unpaired) electrons. The molecule has 1 aromatic carbocycles. The Morgan fingerprint density at radius 3 is 2.88 bits per heavy atom. The lowest BCUT2D eigenvalue weighted by molar-refractivity contribution is 0.0808. The van der Waals surface area contributed by atoms with Crippen molar-refractivity contribution in [3.8, 4) is 11.8 Å². The minimum absolute atomic E-state index is 0.0324. The van der Waals surface area contributed by atoms with E-state index >= 15 is 0 Å². The van der Waals surface area contributed by atoms with Crippen LogP contribution in [0.3, 0.4) is 0 Å². The SMILES string of the molecule is COc1cc(Cl)ccc1C(=O)N(C)CC#N. The fourth-order valence-corrected chi connectivity index (χ4v) is 1.39. The summed E-state index contributed by atoms with van der Waals surface area (Å²) in [6.45, 7) is 0.0324. The molecule has 0 fully saturated rings. The molecule has 0 bridgehead atoms. The number of carbonyl (C=O) groups excluding carboxylic acids is 1. The highest BCUT2D eigenvalue weighted by atomic mass is 35.5. The van der Waals surface area contributed by atoms with Crippen LogP contribution in [-0.4, -0.2) is 31.5 Å². The Morgan fingerprint density at radius 1 is 1.62 bits per heavy atom. The Hall–Kier alpha value is -1.73. The minimum atomic E-state index is -0.268. The number of carbonyl (C=O) groups is 1. The summed E-state index contributed by atoms with van der Waals surface area (Å²) in [5, 5.41) is 9.00. The van der Waals surface area contributed by atoms with Crippen LogP contribution in [0.25, 0.3) is 0 Å². The summed E-state index contributed by atoms with van der Waals surface area (Å²) >= 11 is 5.78. The Morgan fingerprint density at radius 2 is 2.31 bits per heavy atom. The highest BCUT2D eigenvalue weighted by Gasteiger charge is 2.16. The highest BCUT2D eigenvalue weighted by molar-refractivity contribution is 6.30. The molecule has 0 saturated carbocycles. The molecule has 0 aliphatic rings. The number of methoxy groups -OCH3 is 1. The number of nitriles is 1. The Balaban J connectivity index is 3.04. The van der Waals surface area contributed by atoms with Crippen LogP contribution in [0, 0.1) is 11.3 Å². The molecule has 1 aromatic rings. The fourth-order valence-electron chi connectivity index (χ4n) is 1.23. The van der Waals surface area contributed by atoms with Gasteiger partial charge in [0.1, 0.15) is 12.3 Å². The van der Waals surface area contributed by atoms with E-state index in [1.807, 2.05) is 6.07 Å². The summed E-state index contributed by atoms with van der Waals surface area (Å²) in [4.78, 5) is 13.2. The van der Waals surface area contributed by atoms with Gasteiger partial charge in [0, 0.05) is 12.1 Å². The van der Waals surface area contributed by atoms with Gasteiger partial charge in [-0.1, -0.05) is 11.6 Å². The molecular weight excluding hydrogens is 228 g/mol. The number of hydrogen-bond acceptors (Lipinski definition) is 3. The maximum absolute atomic E-state index is 11.9. The van der Waals surface area contributed by atoms with E-state index in [1.165, 1.54) is 12.0 Å². The summed E-state index contributed by atoms with van der Waals surface area (Å²) in [6.07, 6.45) is 0. The second-order valence-corrected chi connectivity index (χ2v) is 3.60. The number of amides is 1. The molecule has 0 unspecified atom stereocenters. The normalized spacial score (nSPS) is 9.38. The van der Waals surface area contributed by atoms with Crippen molar-refractivity contribution in [2.45, 2.75) is 0 Å². The average Bonchev–Trinajstić information content (AvgIpc) is 2.28. The van der Waals surface area contributed by atoms with E-state index in [-0.39, 0.29) is 12.5 Å². The minimum Gasteiger partial charge on any atom is -0.496 e. The molecule has 1 rings (SSSR count). The van der Waals surface area contributed by atoms with E-state index in [0.29, 0.717) is 16.3 Å². The molecule has 0 aromatic heterocycles. The van der Waals surface area contributed by atoms with Crippen LogP contribution in [0.15, 0.2) is 18.2 Å². The molecule has 1 amide bonds. The number of halogens is 1. The predicted octanol–water partition coefficient (Wildman–Crippen LogP) is 1.94. The van der Waals surface area contributed by atoms with E-state index in [9.17, 15) is 4.79 Å². The van der Waals surface area contributed by atoms with E-state index < -0.39 is 0 Å². The average molecular weight is 239 g/mol. The first-order valence-corrected chi connectivity index (χ1v) is 4.94. The highest BCUT2D eigenvalue weighted by Crippen LogP contribution is 2.23. The van der Waals surface area contributed by atoms with Crippen LogP contribution in [0.5, 0.6) is 5.75 Å². The fraction of sp³-hybridized carbons (Fsp3) is 0.273. The van der Waals surface area contributed by atoms with Crippen molar-refractivity contribution in [1.29, 1.82) is 5.26 Å². The van der Waals surface area contributed by atoms with Gasteiger partial charge in [-0.05, 0) is 18.2 Å². The molecule has 84 valence electrons. The maximum atomic E-state index is 11.9. The smallest absolute Gasteiger partial charge is 0.258 e. The van der Waals surface area contributed by atoms with Gasteiger partial charge in [-0.15, -0.1) is 0 Å². The second-order valence-electron chi connectivity index (χ2n) is 3.16. The molecule has 0 aliphatic heterocycles. The Kier molecular flexibility index (Phi) is 4.15. The monoisotopic (exact) mass is 238 g/mol. The van der Waals surface area contributed by atoms with Gasteiger partial charge in [-0.2, -0.15) is 5.26 Å². The van der Waals surface area contributed by atoms with Gasteiger partial charge >= 0.3 is 0 Å². The lowest BCUT2D eigenvalue weighted by Crippen LogP contribution is -2.27. The number of nitrogens with zero attached hydrogens (tertiary/aromatic N) is 2. The number of rotatable bonds is 3. The van der Waals surface area contributed by atoms with E-state index in [0.717, 1.165) is 0 Å². The zero-order chi connectivity index (χ0) is 12.1. The second kappa shape index (κ2) is 5.38. The molecule has 0 spiro atoms. The zero-order valence-corrected chi connectivity index (χ0v) is 9.78. The standard InChI is InChI=1S/C11H11ClN2O2/c1-14(6-5-13)11(15)9-4-3-8(12)7-10(9)16-2/h3-4,7H,6H2,1-2H3. The molecule has 4 nitrogen and oxygen atoms in total. The molecule has 0 heterocycles. The Labute approximate surface area is 99.0 Å². The summed E-state index contributed by atoms with van der Waals surface area (Å²) in [5.41, 5.74) is 0.393. The van der Waals surface area contributed by atoms with Crippen LogP contribution >= 0.6 is 11.6 Å². The molecule has 5 heteroatoms. The van der Waals surface area contributed by atoms with E-state index in [4.69, 9.17) is 21.6 Å². The van der Waals surface area contributed by atoms with Gasteiger partial charge in [0.25, 0.3) is 5.91 Å². The van der Waals surface area contributed by atoms with Crippen molar-refractivity contribution >= 4 is 17.5 Å². The lowest BCUT2D eigenvalue weighted by Gasteiger charge is -2.15. The van der Waals surface area contributed by atoms with Crippen LogP contribution in [0.1, 0.15) is 10.4 Å². The van der Waals surface area contributed by atoms with Crippen LogP contribution in [-0.2, 0) is 0 Å². The topological polar surface area (TPSA) is 53.3 Å². The Bertz CT molecular complexity index is 440. The summed E-state index contributed by atoms with van der Waals surface area (Å²) in [6, 6.07) is 6.66. The number of hydrogen-bond donors (Lipinski definition) is 0. The number of benzene rings is 1. The largest absolute Gasteiger partial charge is 0.496 e. The van der Waals surface area contributed by atoms with E-state index in [1.54, 1.807) is 25.2 Å². The van der Waals surface area contributed by atoms with Crippen molar-refractivity contribution in [2.75, 3.05) is 20.7 Å². The third-order valence-electron chi connectivity index (χ3n) is 2.05. The summed E-state index contributed by atoms with van der Waals surface area (Å²) in [5.74, 6) is 0.136. The first kappa shape index (κ1) is 12.3. The van der Waals surface area contributed by atoms with Crippen molar-refractivity contribution < 1.29 is 9.53 Å². The molecular formula is C11H11ClN2O2. The quantitative estimate of drug-likeness (QED) is 0.757. The van der Waals surface area contributed by atoms with Crippen LogP contribution in [0.4, 0.5) is 0 Å². The van der Waals surface area contributed by atoms with Gasteiger partial charge in [-0.3, -0.25) is 4.79 Å². The molecule has 0 atom stereocenters. The van der Waals surface area contributed by atoms with Crippen LogP contribution in [0.2, 0.25) is 5.02 Å². The maximum Gasteiger partial charge on any atom is 0.258 e. The van der Waals surface area contributed by atoms with Crippen molar-refractivity contribution in [2.24, 2.45) is 0 Å². The molecule has 16 heavy (non-hydrogen) atoms. The first-order chi connectivity index (χ1) is 7.60. The zero-order valence-electron chi connectivity index (χ0n) is 9.03. The van der Waals surface area contributed by atoms with Crippen LogP contribution < -0.4 is 4.74 Å². The van der Waals surface area contributed by atoms with Gasteiger partial charge < -0.3 is 9.64 Å². The van der Waals surface area contributed by atoms with Crippen molar-refractivity contribution in [3.05, 3.63) is 28.8 Å². The van der Waals surface area contributed by atoms with Crippen molar-refractivity contribution in [1.82, 2.24) is 4.90 Å². The molecule has 0 aliphatic carbocycles. The lowest BCUT2D eigenvalue weighted by atomic mass is 10.2. The third kappa shape index (κ3) is 2.65. The summed E-state index contributed by atoms with van der Waals surface area (Å²) in [7, 11) is 3.02. The van der Waals surface area contributed by atoms with Gasteiger partial charge in [0.05, 0.1) is 18.7 Å². The van der Waals surface area contributed by atoms with Gasteiger partial charge in [0.2, 0.25) is 0 Å². The van der Waals surface area contributed by atoms with E-state index in [2.05, 4.69) is 0 Å². The predicted molar refractivity (Wildman–Crippen MR) is 60.6 cm³/mol. The first-order valence-electron chi connectivity index (χ1n) is 4.56. The van der Waals surface area contributed by atoms with Gasteiger partial charge in [-0.25, -0.2) is 0 Å². The van der Waals surface area contributed by atoms with Gasteiger partial charge in [0.15, 0.2) is 0 Å². The number of ether oxygens (including phenoxy) is 1. The van der Waals surface area contributed by atoms with Crippen molar-refractivity contribution in [3.63, 3.8) is 0 Å². The molecule has 0 saturated heterocycles. The third-order valence-corrected chi connectivity index (χ3v) is 2.28.